The molecule has 0 amide bonds. The molecule has 0 bridgehead atoms. The number of aromatic amines is 1. The van der Waals surface area contributed by atoms with Crippen molar-refractivity contribution in [1.82, 2.24) is 9.88 Å². The molecule has 0 aliphatic heterocycles. The maximum Gasteiger partial charge on any atom is 0.257 e. The number of aromatic nitrogens is 1. The first-order valence-electron chi connectivity index (χ1n) is 6.19. The fraction of sp³-hybridized carbons (Fsp3) is 0.286. The van der Waals surface area contributed by atoms with E-state index >= 15 is 0 Å². The zero-order valence-electron chi connectivity index (χ0n) is 11.8. The molecule has 5 nitrogen and oxygen atoms in total. The monoisotopic (exact) mass is 313 g/mol. The lowest BCUT2D eigenvalue weighted by Gasteiger charge is -2.11. The predicted molar refractivity (Wildman–Crippen MR) is 83.7 cm³/mol. The number of nitrogens with one attached hydrogen (secondary N) is 1. The van der Waals surface area contributed by atoms with E-state index in [9.17, 15) is 14.0 Å². The Morgan fingerprint density at radius 2 is 2.00 bits per heavy atom. The van der Waals surface area contributed by atoms with E-state index in [1.165, 1.54) is 12.1 Å². The number of halogens is 2. The van der Waals surface area contributed by atoms with Crippen molar-refractivity contribution in [3.8, 4) is 0 Å². The number of anilines is 1. The van der Waals surface area contributed by atoms with Gasteiger partial charge < -0.3 is 15.6 Å². The Bertz CT molecular complexity index is 728. The molecule has 0 spiro atoms. The van der Waals surface area contributed by atoms with Crippen LogP contribution in [-0.4, -0.2) is 36.3 Å². The Balaban J connectivity index is 0.00000220. The second-order valence-electron chi connectivity index (χ2n) is 4.91. The van der Waals surface area contributed by atoms with Crippen LogP contribution < -0.4 is 11.3 Å². The van der Waals surface area contributed by atoms with Gasteiger partial charge in [0.2, 0.25) is 0 Å². The summed E-state index contributed by atoms with van der Waals surface area (Å²) in [6, 6.07) is 3.74. The van der Waals surface area contributed by atoms with E-state index in [2.05, 4.69) is 4.98 Å². The topological polar surface area (TPSA) is 79.2 Å². The van der Waals surface area contributed by atoms with Crippen LogP contribution in [0.5, 0.6) is 0 Å². The number of ketones is 1. The summed E-state index contributed by atoms with van der Waals surface area (Å²) in [6.07, 6.45) is 0.274. The molecular formula is C14H17ClFN3O2. The number of benzene rings is 1. The van der Waals surface area contributed by atoms with Gasteiger partial charge in [-0.3, -0.25) is 9.59 Å². The lowest BCUT2D eigenvalue weighted by atomic mass is 10.0. The maximum atomic E-state index is 13.2. The molecule has 0 atom stereocenters. The average Bonchev–Trinajstić information content (AvgIpc) is 2.37. The quantitative estimate of drug-likeness (QED) is 0.844. The van der Waals surface area contributed by atoms with Gasteiger partial charge in [0.25, 0.3) is 5.56 Å². The van der Waals surface area contributed by atoms with Crippen molar-refractivity contribution < 1.29 is 9.18 Å². The molecule has 0 saturated carbocycles. The third-order valence-electron chi connectivity index (χ3n) is 3.08. The Morgan fingerprint density at radius 3 is 2.62 bits per heavy atom. The van der Waals surface area contributed by atoms with Crippen molar-refractivity contribution in [2.45, 2.75) is 6.42 Å². The van der Waals surface area contributed by atoms with Crippen LogP contribution in [0.15, 0.2) is 23.0 Å². The number of hydrogen-bond acceptors (Lipinski definition) is 4. The van der Waals surface area contributed by atoms with Gasteiger partial charge in [-0.25, -0.2) is 4.39 Å². The normalized spacial score (nSPS) is 10.7. The van der Waals surface area contributed by atoms with Crippen LogP contribution >= 0.6 is 12.4 Å². The van der Waals surface area contributed by atoms with E-state index in [0.717, 1.165) is 6.07 Å². The third kappa shape index (κ3) is 3.59. The summed E-state index contributed by atoms with van der Waals surface area (Å²) in [7, 11) is 3.72. The second-order valence-corrected chi connectivity index (χ2v) is 4.91. The number of nitrogens with zero attached hydrogens (tertiary/aromatic N) is 1. The summed E-state index contributed by atoms with van der Waals surface area (Å²) >= 11 is 0. The highest BCUT2D eigenvalue weighted by atomic mass is 35.5. The Morgan fingerprint density at radius 1 is 1.33 bits per heavy atom. The Labute approximate surface area is 127 Å². The van der Waals surface area contributed by atoms with Gasteiger partial charge in [-0.1, -0.05) is 6.07 Å². The highest BCUT2D eigenvalue weighted by Crippen LogP contribution is 2.22. The number of nitrogen functional groups attached to an aromatic ring is 1. The summed E-state index contributed by atoms with van der Waals surface area (Å²) in [6.45, 7) is 0.570. The zero-order chi connectivity index (χ0) is 14.9. The maximum absolute atomic E-state index is 13.2. The van der Waals surface area contributed by atoms with Crippen LogP contribution in [0.2, 0.25) is 0 Å². The molecule has 1 heterocycles. The third-order valence-corrected chi connectivity index (χ3v) is 3.08. The van der Waals surface area contributed by atoms with Crippen LogP contribution in [0, 0.1) is 5.82 Å². The minimum atomic E-state index is -0.528. The number of H-pyrrole nitrogens is 1. The van der Waals surface area contributed by atoms with Crippen molar-refractivity contribution >= 4 is 34.8 Å². The molecule has 21 heavy (non-hydrogen) atoms. The highest BCUT2D eigenvalue weighted by molar-refractivity contribution is 6.11. The largest absolute Gasteiger partial charge is 0.385 e. The molecule has 7 heteroatoms. The molecule has 1 aromatic carbocycles. The number of carbonyl (C=O) groups is 1. The van der Waals surface area contributed by atoms with Crippen LogP contribution in [0.1, 0.15) is 16.8 Å². The minimum Gasteiger partial charge on any atom is -0.385 e. The van der Waals surface area contributed by atoms with E-state index in [0.29, 0.717) is 11.9 Å². The Kier molecular flexibility index (Phi) is 5.46. The summed E-state index contributed by atoms with van der Waals surface area (Å²) in [4.78, 5) is 28.3. The smallest absolute Gasteiger partial charge is 0.257 e. The zero-order valence-corrected chi connectivity index (χ0v) is 12.6. The van der Waals surface area contributed by atoms with E-state index in [1.807, 2.05) is 19.0 Å². The molecule has 3 N–H and O–H groups in total. The van der Waals surface area contributed by atoms with Crippen LogP contribution in [0.4, 0.5) is 10.2 Å². The molecule has 0 aliphatic rings. The molecule has 2 aromatic rings. The fourth-order valence-electron chi connectivity index (χ4n) is 2.07. The van der Waals surface area contributed by atoms with Gasteiger partial charge >= 0.3 is 0 Å². The van der Waals surface area contributed by atoms with Crippen LogP contribution in [0.3, 0.4) is 0 Å². The lowest BCUT2D eigenvalue weighted by molar-refractivity contribution is 0.0974. The molecule has 0 saturated heterocycles. The molecule has 0 radical (unpaired) electrons. The van der Waals surface area contributed by atoms with Crippen molar-refractivity contribution in [2.24, 2.45) is 0 Å². The standard InChI is InChI=1S/C14H16FN3O2.ClH/c1-18(2)6-5-11(19)12-9-4-3-8(15)7-10(9)14(20)17-13(12)16;/h3-4,7H,5-6H2,1-2H3,(H3,16,17,20);1H. The summed E-state index contributed by atoms with van der Waals surface area (Å²) in [5.74, 6) is -0.679. The molecular weight excluding hydrogens is 297 g/mol. The molecule has 0 aliphatic carbocycles. The number of carbonyl (C=O) groups excluding carboxylic acids is 1. The number of fused-ring (bicyclic) bond motifs is 1. The molecule has 1 aromatic heterocycles. The number of Topliss-reactive ketones (excluding diaryl/α,β-unsaturated/α-hetero) is 1. The number of hydrogen-bond donors (Lipinski definition) is 2. The summed E-state index contributed by atoms with van der Waals surface area (Å²) < 4.78 is 13.2. The highest BCUT2D eigenvalue weighted by Gasteiger charge is 2.17. The first kappa shape index (κ1) is 17.1. The molecule has 0 fully saturated rings. The summed E-state index contributed by atoms with van der Waals surface area (Å²) in [5.41, 5.74) is 5.50. The fourth-order valence-corrected chi connectivity index (χ4v) is 2.07. The van der Waals surface area contributed by atoms with Crippen LogP contribution in [-0.2, 0) is 0 Å². The van der Waals surface area contributed by atoms with Crippen molar-refractivity contribution in [3.05, 3.63) is 39.9 Å². The van der Waals surface area contributed by atoms with Gasteiger partial charge in [0.1, 0.15) is 11.6 Å². The number of nitrogens with two attached hydrogens (primary N) is 1. The minimum absolute atomic E-state index is 0. The molecule has 2 rings (SSSR count). The molecule has 0 unspecified atom stereocenters. The van der Waals surface area contributed by atoms with Crippen molar-refractivity contribution in [1.29, 1.82) is 0 Å². The van der Waals surface area contributed by atoms with E-state index in [1.54, 1.807) is 0 Å². The van der Waals surface area contributed by atoms with Crippen molar-refractivity contribution in [3.63, 3.8) is 0 Å². The lowest BCUT2D eigenvalue weighted by Crippen LogP contribution is -2.20. The molecule has 114 valence electrons. The average molecular weight is 314 g/mol. The Hall–Kier alpha value is -1.92. The first-order chi connectivity index (χ1) is 9.40. The van der Waals surface area contributed by atoms with Gasteiger partial charge in [0, 0.05) is 18.4 Å². The van der Waals surface area contributed by atoms with Gasteiger partial charge in [-0.2, -0.15) is 0 Å². The van der Waals surface area contributed by atoms with E-state index in [-0.39, 0.29) is 41.4 Å². The van der Waals surface area contributed by atoms with E-state index in [4.69, 9.17) is 5.73 Å². The van der Waals surface area contributed by atoms with Gasteiger partial charge in [-0.05, 0) is 26.2 Å². The number of rotatable bonds is 4. The van der Waals surface area contributed by atoms with E-state index < -0.39 is 11.4 Å². The van der Waals surface area contributed by atoms with Crippen molar-refractivity contribution in [2.75, 3.05) is 26.4 Å². The van der Waals surface area contributed by atoms with Gasteiger partial charge in [0.15, 0.2) is 5.78 Å². The number of pyridine rings is 1. The first-order valence-corrected chi connectivity index (χ1v) is 6.19. The van der Waals surface area contributed by atoms with Crippen LogP contribution in [0.25, 0.3) is 10.8 Å². The predicted octanol–water partition coefficient (Wildman–Crippen LogP) is 1.81. The SMILES string of the molecule is CN(C)CCC(=O)c1c(N)[nH]c(=O)c2cc(F)ccc12.Cl. The summed E-state index contributed by atoms with van der Waals surface area (Å²) in [5, 5.41) is 0.517. The van der Waals surface area contributed by atoms with Gasteiger partial charge in [-0.15, -0.1) is 12.4 Å². The van der Waals surface area contributed by atoms with Gasteiger partial charge in [0.05, 0.1) is 10.9 Å². The second kappa shape index (κ2) is 6.69.